The molecule has 3 nitrogen and oxygen atoms in total. The predicted molar refractivity (Wildman–Crippen MR) is 60.6 cm³/mol. The molecule has 1 saturated heterocycles. The van der Waals surface area contributed by atoms with Gasteiger partial charge in [-0.3, -0.25) is 9.69 Å². The van der Waals surface area contributed by atoms with E-state index in [1.807, 2.05) is 4.90 Å². The fourth-order valence-electron chi connectivity index (χ4n) is 2.94. The minimum atomic E-state index is 0.794. The largest absolute Gasteiger partial charge is 0.343 e. The van der Waals surface area contributed by atoms with Crippen molar-refractivity contribution in [2.75, 3.05) is 26.2 Å². The molecule has 0 spiro atoms. The van der Waals surface area contributed by atoms with Gasteiger partial charge in [-0.15, -0.1) is 0 Å². The first-order valence-electron chi connectivity index (χ1n) is 6.23. The minimum Gasteiger partial charge on any atom is -0.343 e. The summed E-state index contributed by atoms with van der Waals surface area (Å²) in [6.45, 7) is 6.38. The number of rotatable bonds is 2. The molecule has 0 radical (unpaired) electrons. The zero-order chi connectivity index (χ0) is 10.7. The Bertz CT molecular complexity index is 212. The smallest absolute Gasteiger partial charge is 0.209 e. The summed E-state index contributed by atoms with van der Waals surface area (Å²) in [5.41, 5.74) is 0. The molecule has 0 aromatic carbocycles. The average molecular weight is 210 g/mol. The molecule has 2 rings (SSSR count). The molecule has 15 heavy (non-hydrogen) atoms. The molecule has 2 atom stereocenters. The van der Waals surface area contributed by atoms with Crippen molar-refractivity contribution in [3.8, 4) is 0 Å². The van der Waals surface area contributed by atoms with Crippen molar-refractivity contribution >= 4 is 6.41 Å². The third-order valence-electron chi connectivity index (χ3n) is 3.92. The van der Waals surface area contributed by atoms with Gasteiger partial charge < -0.3 is 4.90 Å². The number of piperazine rings is 1. The molecule has 1 aliphatic carbocycles. The fourth-order valence-corrected chi connectivity index (χ4v) is 2.94. The van der Waals surface area contributed by atoms with Crippen molar-refractivity contribution in [2.24, 2.45) is 5.92 Å². The van der Waals surface area contributed by atoms with Crippen LogP contribution in [0.4, 0.5) is 0 Å². The number of hydrogen-bond donors (Lipinski definition) is 0. The van der Waals surface area contributed by atoms with Crippen molar-refractivity contribution < 1.29 is 4.79 Å². The Kier molecular flexibility index (Phi) is 3.62. The molecule has 3 heteroatoms. The van der Waals surface area contributed by atoms with Gasteiger partial charge in [0.25, 0.3) is 0 Å². The summed E-state index contributed by atoms with van der Waals surface area (Å²) in [5.74, 6) is 0.896. The van der Waals surface area contributed by atoms with E-state index in [2.05, 4.69) is 11.8 Å². The van der Waals surface area contributed by atoms with Crippen molar-refractivity contribution in [2.45, 2.75) is 38.6 Å². The van der Waals surface area contributed by atoms with Crippen LogP contribution in [0.3, 0.4) is 0 Å². The van der Waals surface area contributed by atoms with Crippen molar-refractivity contribution in [1.29, 1.82) is 0 Å². The van der Waals surface area contributed by atoms with Gasteiger partial charge in [0.05, 0.1) is 0 Å². The second-order valence-corrected chi connectivity index (χ2v) is 5.10. The number of nitrogens with zero attached hydrogens (tertiary/aromatic N) is 2. The molecule has 1 aliphatic heterocycles. The first-order chi connectivity index (χ1) is 7.29. The van der Waals surface area contributed by atoms with E-state index < -0.39 is 0 Å². The van der Waals surface area contributed by atoms with Crippen LogP contribution in [0.5, 0.6) is 0 Å². The summed E-state index contributed by atoms with van der Waals surface area (Å²) in [5, 5.41) is 0. The molecule has 0 unspecified atom stereocenters. The van der Waals surface area contributed by atoms with Crippen LogP contribution < -0.4 is 0 Å². The van der Waals surface area contributed by atoms with E-state index in [0.717, 1.165) is 44.5 Å². The van der Waals surface area contributed by atoms with Crippen LogP contribution in [0.2, 0.25) is 0 Å². The van der Waals surface area contributed by atoms with E-state index in [9.17, 15) is 4.79 Å². The van der Waals surface area contributed by atoms with Gasteiger partial charge in [0.2, 0.25) is 6.41 Å². The van der Waals surface area contributed by atoms with Crippen LogP contribution >= 0.6 is 0 Å². The fraction of sp³-hybridized carbons (Fsp3) is 0.917. The highest BCUT2D eigenvalue weighted by atomic mass is 16.1. The van der Waals surface area contributed by atoms with Crippen LogP contribution in [0.25, 0.3) is 0 Å². The van der Waals surface area contributed by atoms with E-state index in [0.29, 0.717) is 0 Å². The third-order valence-corrected chi connectivity index (χ3v) is 3.92. The highest BCUT2D eigenvalue weighted by molar-refractivity contribution is 5.47. The van der Waals surface area contributed by atoms with Gasteiger partial charge in [-0.1, -0.05) is 19.8 Å². The highest BCUT2D eigenvalue weighted by Crippen LogP contribution is 2.27. The summed E-state index contributed by atoms with van der Waals surface area (Å²) >= 11 is 0. The molecule has 0 aromatic heterocycles. The molecule has 0 aromatic rings. The molecule has 0 bridgehead atoms. The van der Waals surface area contributed by atoms with E-state index in [-0.39, 0.29) is 0 Å². The molecule has 1 saturated carbocycles. The molecule has 2 fully saturated rings. The normalized spacial score (nSPS) is 34.1. The molecule has 1 amide bonds. The third kappa shape index (κ3) is 2.71. The van der Waals surface area contributed by atoms with Gasteiger partial charge in [-0.2, -0.15) is 0 Å². The van der Waals surface area contributed by atoms with Crippen LogP contribution in [0.1, 0.15) is 32.6 Å². The summed E-state index contributed by atoms with van der Waals surface area (Å²) in [4.78, 5) is 15.1. The van der Waals surface area contributed by atoms with Crippen LogP contribution in [0, 0.1) is 5.92 Å². The maximum Gasteiger partial charge on any atom is 0.209 e. The molecule has 2 aliphatic rings. The summed E-state index contributed by atoms with van der Waals surface area (Å²) in [7, 11) is 0. The average Bonchev–Trinajstić information content (AvgIpc) is 2.29. The van der Waals surface area contributed by atoms with Gasteiger partial charge in [-0.05, 0) is 18.8 Å². The second-order valence-electron chi connectivity index (χ2n) is 5.10. The van der Waals surface area contributed by atoms with Crippen molar-refractivity contribution in [3.63, 3.8) is 0 Å². The van der Waals surface area contributed by atoms with Gasteiger partial charge >= 0.3 is 0 Å². The van der Waals surface area contributed by atoms with Gasteiger partial charge in [-0.25, -0.2) is 0 Å². The number of hydrogen-bond acceptors (Lipinski definition) is 2. The molecular weight excluding hydrogens is 188 g/mol. The Morgan fingerprint density at radius 1 is 1.13 bits per heavy atom. The Labute approximate surface area is 92.4 Å². The van der Waals surface area contributed by atoms with E-state index >= 15 is 0 Å². The van der Waals surface area contributed by atoms with E-state index in [4.69, 9.17) is 0 Å². The Morgan fingerprint density at radius 2 is 1.87 bits per heavy atom. The number of carbonyl (C=O) groups is 1. The lowest BCUT2D eigenvalue weighted by molar-refractivity contribution is -0.120. The standard InChI is InChI=1S/C12H22N2O/c1-11-3-2-4-12(9-11)14-7-5-13(10-15)6-8-14/h10-12H,2-9H2,1H3/t11-,12-/m1/s1. The Balaban J connectivity index is 1.81. The van der Waals surface area contributed by atoms with Crippen molar-refractivity contribution in [3.05, 3.63) is 0 Å². The number of carbonyl (C=O) groups excluding carboxylic acids is 1. The molecule has 1 heterocycles. The van der Waals surface area contributed by atoms with Crippen LogP contribution in [0.15, 0.2) is 0 Å². The van der Waals surface area contributed by atoms with Gasteiger partial charge in [0.15, 0.2) is 0 Å². The molecular formula is C12H22N2O. The topological polar surface area (TPSA) is 23.6 Å². The SMILES string of the molecule is C[C@@H]1CCC[C@@H](N2CCN(C=O)CC2)C1. The maximum absolute atomic E-state index is 10.6. The lowest BCUT2D eigenvalue weighted by Crippen LogP contribution is -2.50. The monoisotopic (exact) mass is 210 g/mol. The maximum atomic E-state index is 10.6. The molecule has 0 N–H and O–H groups in total. The first-order valence-corrected chi connectivity index (χ1v) is 6.23. The zero-order valence-electron chi connectivity index (χ0n) is 9.69. The van der Waals surface area contributed by atoms with Crippen LogP contribution in [-0.4, -0.2) is 48.4 Å². The summed E-state index contributed by atoms with van der Waals surface area (Å²) in [6.07, 6.45) is 6.51. The highest BCUT2D eigenvalue weighted by Gasteiger charge is 2.26. The summed E-state index contributed by atoms with van der Waals surface area (Å²) in [6, 6.07) is 0.794. The predicted octanol–water partition coefficient (Wildman–Crippen LogP) is 1.34. The Morgan fingerprint density at radius 3 is 2.47 bits per heavy atom. The second kappa shape index (κ2) is 4.97. The van der Waals surface area contributed by atoms with Gasteiger partial charge in [0, 0.05) is 32.2 Å². The quantitative estimate of drug-likeness (QED) is 0.642. The lowest BCUT2D eigenvalue weighted by atomic mass is 9.86. The van der Waals surface area contributed by atoms with Crippen molar-refractivity contribution in [1.82, 2.24) is 9.80 Å². The first kappa shape index (κ1) is 10.9. The van der Waals surface area contributed by atoms with Gasteiger partial charge in [0.1, 0.15) is 0 Å². The Hall–Kier alpha value is -0.570. The number of amides is 1. The van der Waals surface area contributed by atoms with E-state index in [1.165, 1.54) is 25.7 Å². The zero-order valence-corrected chi connectivity index (χ0v) is 9.69. The summed E-state index contributed by atoms with van der Waals surface area (Å²) < 4.78 is 0. The molecule has 86 valence electrons. The minimum absolute atomic E-state index is 0.794. The lowest BCUT2D eigenvalue weighted by Gasteiger charge is -2.41. The van der Waals surface area contributed by atoms with Crippen LogP contribution in [-0.2, 0) is 4.79 Å². The van der Waals surface area contributed by atoms with E-state index in [1.54, 1.807) is 0 Å².